The highest BCUT2D eigenvalue weighted by Gasteiger charge is 2.71. The Morgan fingerprint density at radius 1 is 1.03 bits per heavy atom. The standard InChI is InChI=1S/C27H42O4/c1-15-7-10-27(30-14-15)16(2)24-22(31-27)12-21-19-6-5-17-11-18(28)8-9-25(17,3)20(19)13-23(29)26(21,24)4/h5,15-16,18-24,28-29H,6-14H2,1-4H3/t15-,16+,18+,19-,20+,21?,22+,23-,24+,25+,26-,27-/m1/s1. The van der Waals surface area contributed by atoms with Crippen LogP contribution in [0.25, 0.3) is 0 Å². The minimum Gasteiger partial charge on any atom is -0.393 e. The summed E-state index contributed by atoms with van der Waals surface area (Å²) in [5.74, 6) is 2.58. The summed E-state index contributed by atoms with van der Waals surface area (Å²) in [5.41, 5.74) is 1.53. The van der Waals surface area contributed by atoms with Crippen molar-refractivity contribution in [2.24, 2.45) is 46.3 Å². The number of aliphatic hydroxyl groups excluding tert-OH is 2. The average Bonchev–Trinajstić information content (AvgIpc) is 3.18. The monoisotopic (exact) mass is 430 g/mol. The number of hydrogen-bond donors (Lipinski definition) is 2. The normalized spacial score (nSPS) is 60.7. The van der Waals surface area contributed by atoms with Gasteiger partial charge in [-0.2, -0.15) is 0 Å². The zero-order valence-corrected chi connectivity index (χ0v) is 19.8. The molecule has 2 aliphatic heterocycles. The lowest BCUT2D eigenvalue weighted by Gasteiger charge is -2.60. The van der Waals surface area contributed by atoms with Crippen LogP contribution in [0.4, 0.5) is 0 Å². The van der Waals surface area contributed by atoms with E-state index in [1.165, 1.54) is 12.0 Å². The fraction of sp³-hybridized carbons (Fsp3) is 0.926. The van der Waals surface area contributed by atoms with Crippen LogP contribution < -0.4 is 0 Å². The third-order valence-corrected chi connectivity index (χ3v) is 11.5. The predicted octanol–water partition coefficient (Wildman–Crippen LogP) is 4.68. The molecule has 4 heteroatoms. The van der Waals surface area contributed by atoms with Crippen LogP contribution in [0.2, 0.25) is 0 Å². The summed E-state index contributed by atoms with van der Waals surface area (Å²) in [5, 5.41) is 22.0. The number of allylic oxidation sites excluding steroid dienone is 1. The molecule has 6 aliphatic rings. The van der Waals surface area contributed by atoms with Crippen molar-refractivity contribution in [1.82, 2.24) is 0 Å². The van der Waals surface area contributed by atoms with Gasteiger partial charge in [0.15, 0.2) is 5.79 Å². The fourth-order valence-corrected chi connectivity index (χ4v) is 9.61. The number of rotatable bonds is 0. The van der Waals surface area contributed by atoms with E-state index in [1.807, 2.05) is 0 Å². The molecule has 4 aliphatic carbocycles. The first-order chi connectivity index (χ1) is 14.7. The van der Waals surface area contributed by atoms with E-state index in [0.717, 1.165) is 51.6 Å². The Morgan fingerprint density at radius 3 is 2.58 bits per heavy atom. The van der Waals surface area contributed by atoms with E-state index in [-0.39, 0.29) is 29.1 Å². The molecular formula is C27H42O4. The molecule has 31 heavy (non-hydrogen) atoms. The van der Waals surface area contributed by atoms with Gasteiger partial charge in [-0.15, -0.1) is 0 Å². The van der Waals surface area contributed by atoms with E-state index in [9.17, 15) is 10.2 Å². The van der Waals surface area contributed by atoms with Crippen molar-refractivity contribution in [3.8, 4) is 0 Å². The first-order valence-corrected chi connectivity index (χ1v) is 13.1. The van der Waals surface area contributed by atoms with Crippen LogP contribution in [-0.2, 0) is 9.47 Å². The van der Waals surface area contributed by atoms with Crippen LogP contribution in [0.3, 0.4) is 0 Å². The lowest BCUT2D eigenvalue weighted by Crippen LogP contribution is -2.57. The van der Waals surface area contributed by atoms with Gasteiger partial charge in [0, 0.05) is 23.7 Å². The summed E-state index contributed by atoms with van der Waals surface area (Å²) in [7, 11) is 0. The number of ether oxygens (including phenoxy) is 2. The quantitative estimate of drug-likeness (QED) is 0.548. The maximum atomic E-state index is 11.8. The molecule has 2 N–H and O–H groups in total. The van der Waals surface area contributed by atoms with E-state index in [4.69, 9.17) is 9.47 Å². The van der Waals surface area contributed by atoms with Crippen LogP contribution in [0.15, 0.2) is 11.6 Å². The average molecular weight is 431 g/mol. The Bertz CT molecular complexity index is 769. The van der Waals surface area contributed by atoms with Crippen LogP contribution >= 0.6 is 0 Å². The van der Waals surface area contributed by atoms with Crippen molar-refractivity contribution in [1.29, 1.82) is 0 Å². The Hall–Kier alpha value is -0.420. The molecule has 1 unspecified atom stereocenters. The second-order valence-corrected chi connectivity index (χ2v) is 12.7. The molecule has 3 saturated carbocycles. The molecule has 1 spiro atoms. The Balaban J connectivity index is 1.32. The molecule has 6 rings (SSSR count). The lowest BCUT2D eigenvalue weighted by atomic mass is 9.46. The van der Waals surface area contributed by atoms with Gasteiger partial charge in [-0.3, -0.25) is 0 Å². The second-order valence-electron chi connectivity index (χ2n) is 12.7. The molecule has 0 aromatic carbocycles. The smallest absolute Gasteiger partial charge is 0.171 e. The predicted molar refractivity (Wildman–Crippen MR) is 119 cm³/mol. The van der Waals surface area contributed by atoms with Gasteiger partial charge in [0.25, 0.3) is 0 Å². The molecular weight excluding hydrogens is 388 g/mol. The summed E-state index contributed by atoms with van der Waals surface area (Å²) in [6, 6.07) is 0. The molecule has 0 bridgehead atoms. The van der Waals surface area contributed by atoms with E-state index < -0.39 is 5.79 Å². The van der Waals surface area contributed by atoms with Gasteiger partial charge in [0.05, 0.1) is 24.9 Å². The zero-order chi connectivity index (χ0) is 21.8. The van der Waals surface area contributed by atoms with Crippen molar-refractivity contribution in [2.75, 3.05) is 6.61 Å². The van der Waals surface area contributed by atoms with Gasteiger partial charge in [-0.1, -0.05) is 39.3 Å². The molecule has 0 aromatic rings. The number of aliphatic hydroxyl groups is 2. The minimum atomic E-state index is -0.419. The molecule has 2 heterocycles. The highest BCUT2D eigenvalue weighted by atomic mass is 16.7. The summed E-state index contributed by atoms with van der Waals surface area (Å²) in [6.45, 7) is 10.2. The minimum absolute atomic E-state index is 0.0863. The van der Waals surface area contributed by atoms with E-state index in [2.05, 4.69) is 33.8 Å². The maximum absolute atomic E-state index is 11.8. The van der Waals surface area contributed by atoms with Gasteiger partial charge in [-0.05, 0) is 74.0 Å². The highest BCUT2D eigenvalue weighted by molar-refractivity contribution is 5.27. The van der Waals surface area contributed by atoms with Crippen molar-refractivity contribution in [2.45, 2.75) is 103 Å². The zero-order valence-electron chi connectivity index (χ0n) is 19.8. The topological polar surface area (TPSA) is 58.9 Å². The molecule has 2 saturated heterocycles. The second kappa shape index (κ2) is 6.81. The molecule has 4 nitrogen and oxygen atoms in total. The van der Waals surface area contributed by atoms with E-state index in [1.54, 1.807) is 0 Å². The van der Waals surface area contributed by atoms with Crippen LogP contribution in [0.1, 0.15) is 79.1 Å². The summed E-state index contributed by atoms with van der Waals surface area (Å²) >= 11 is 0. The third kappa shape index (κ3) is 2.68. The van der Waals surface area contributed by atoms with Gasteiger partial charge >= 0.3 is 0 Å². The molecule has 0 amide bonds. The lowest BCUT2D eigenvalue weighted by molar-refractivity contribution is -0.273. The van der Waals surface area contributed by atoms with E-state index in [0.29, 0.717) is 35.5 Å². The largest absolute Gasteiger partial charge is 0.393 e. The fourth-order valence-electron chi connectivity index (χ4n) is 9.61. The molecule has 174 valence electrons. The molecule has 12 atom stereocenters. The van der Waals surface area contributed by atoms with Crippen molar-refractivity contribution >= 4 is 0 Å². The van der Waals surface area contributed by atoms with Crippen LogP contribution in [0.5, 0.6) is 0 Å². The first-order valence-electron chi connectivity index (χ1n) is 13.1. The first kappa shape index (κ1) is 21.1. The highest BCUT2D eigenvalue weighted by Crippen LogP contribution is 2.70. The molecule has 0 radical (unpaired) electrons. The molecule has 5 fully saturated rings. The SMILES string of the molecule is C[C@@H]1CC[C@@]2(OC1)O[C@H]1CC3[C@@H]4CC=C5C[C@@H](O)CC[C@]5(C)[C@H]4C[C@@H](O)[C@]3(C)[C@H]1[C@@H]2C. The van der Waals surface area contributed by atoms with Gasteiger partial charge in [0.2, 0.25) is 0 Å². The summed E-state index contributed by atoms with van der Waals surface area (Å²) in [4.78, 5) is 0. The summed E-state index contributed by atoms with van der Waals surface area (Å²) in [6.07, 6.45) is 10.3. The van der Waals surface area contributed by atoms with Gasteiger partial charge < -0.3 is 19.7 Å². The van der Waals surface area contributed by atoms with Gasteiger partial charge in [0.1, 0.15) is 0 Å². The van der Waals surface area contributed by atoms with Crippen molar-refractivity contribution in [3.05, 3.63) is 11.6 Å². The summed E-state index contributed by atoms with van der Waals surface area (Å²) < 4.78 is 13.2. The Labute approximate surface area is 187 Å². The number of fused-ring (bicyclic) bond motifs is 7. The Morgan fingerprint density at radius 2 is 1.84 bits per heavy atom. The van der Waals surface area contributed by atoms with Crippen molar-refractivity contribution in [3.63, 3.8) is 0 Å². The maximum Gasteiger partial charge on any atom is 0.171 e. The van der Waals surface area contributed by atoms with Gasteiger partial charge in [-0.25, -0.2) is 0 Å². The van der Waals surface area contributed by atoms with Crippen LogP contribution in [-0.4, -0.2) is 40.9 Å². The van der Waals surface area contributed by atoms with E-state index >= 15 is 0 Å². The van der Waals surface area contributed by atoms with Crippen LogP contribution in [0, 0.1) is 46.3 Å². The third-order valence-electron chi connectivity index (χ3n) is 11.5. The molecule has 0 aromatic heterocycles. The van der Waals surface area contributed by atoms with Crippen molar-refractivity contribution < 1.29 is 19.7 Å². The number of hydrogen-bond acceptors (Lipinski definition) is 4. The Kier molecular flexibility index (Phi) is 4.64.